The second-order valence-corrected chi connectivity index (χ2v) is 11.6. The lowest BCUT2D eigenvalue weighted by molar-refractivity contribution is -0.814. The second kappa shape index (κ2) is 22.6. The summed E-state index contributed by atoms with van der Waals surface area (Å²) in [6.45, 7) is 8.72. The Morgan fingerprint density at radius 1 is 0.811 bits per heavy atom. The molecule has 1 rings (SSSR count). The predicted molar refractivity (Wildman–Crippen MR) is 159 cm³/mol. The summed E-state index contributed by atoms with van der Waals surface area (Å²) in [7, 11) is 2.30. The molecule has 0 saturated carbocycles. The first-order valence-electron chi connectivity index (χ1n) is 16.1. The topological polar surface area (TPSA) is 56.5 Å². The van der Waals surface area contributed by atoms with Crippen LogP contribution in [0.25, 0.3) is 0 Å². The molecule has 1 amide bonds. The molecular formula is C32H61N4O+. The van der Waals surface area contributed by atoms with E-state index in [-0.39, 0.29) is 5.91 Å². The Bertz CT molecular complexity index is 641. The fraction of sp³-hybridized carbons (Fsp3) is 0.906. The quantitative estimate of drug-likeness (QED) is 0.0901. The summed E-state index contributed by atoms with van der Waals surface area (Å²) in [5.41, 5.74) is 0. The number of likely N-dealkylation sites (N-methyl/N-ethyl adjacent to an activating group) is 1. The largest absolute Gasteiger partial charge is 0.336 e. The molecule has 37 heavy (non-hydrogen) atoms. The van der Waals surface area contributed by atoms with Crippen LogP contribution >= 0.6 is 0 Å². The number of hydrogen-bond acceptors (Lipinski definition) is 3. The van der Waals surface area contributed by atoms with Gasteiger partial charge in [-0.25, -0.2) is 4.99 Å². The van der Waals surface area contributed by atoms with Crippen LogP contribution in [0.2, 0.25) is 0 Å². The molecule has 0 bridgehead atoms. The van der Waals surface area contributed by atoms with Crippen LogP contribution in [0.3, 0.4) is 0 Å². The van der Waals surface area contributed by atoms with Gasteiger partial charge in [0.25, 0.3) is 0 Å². The number of rotatable bonds is 25. The maximum atomic E-state index is 13.0. The highest BCUT2D eigenvalue weighted by atomic mass is 16.2. The standard InChI is InChI=1S/C32H61N4O/c1-4-6-8-10-12-14-16-18-20-23-31-34-26-29-36(31,3)30-28-35(27-22-25-33)32(37)24-21-19-17-15-13-11-9-7-5-2/h4-24,26-30H2,1-3H3/q+1. The van der Waals surface area contributed by atoms with Gasteiger partial charge in [-0.2, -0.15) is 5.26 Å². The number of nitriles is 1. The van der Waals surface area contributed by atoms with Crippen molar-refractivity contribution >= 4 is 11.7 Å². The molecule has 1 heterocycles. The number of nitrogens with zero attached hydrogens (tertiary/aromatic N) is 4. The molecule has 5 heteroatoms. The molecule has 1 unspecified atom stereocenters. The van der Waals surface area contributed by atoms with E-state index in [1.165, 1.54) is 109 Å². The third kappa shape index (κ3) is 16.2. The number of hydrogen-bond donors (Lipinski definition) is 0. The summed E-state index contributed by atoms with van der Waals surface area (Å²) in [5, 5.41) is 9.12. The van der Waals surface area contributed by atoms with Crippen LogP contribution in [-0.2, 0) is 4.79 Å². The van der Waals surface area contributed by atoms with Crippen LogP contribution in [0.1, 0.15) is 149 Å². The molecule has 0 aromatic carbocycles. The van der Waals surface area contributed by atoms with Crippen LogP contribution in [0.5, 0.6) is 0 Å². The smallest absolute Gasteiger partial charge is 0.222 e. The zero-order chi connectivity index (χ0) is 27.0. The molecule has 0 N–H and O–H groups in total. The van der Waals surface area contributed by atoms with Crippen molar-refractivity contribution in [2.75, 3.05) is 39.8 Å². The first-order chi connectivity index (χ1) is 18.1. The molecule has 0 fully saturated rings. The van der Waals surface area contributed by atoms with Crippen molar-refractivity contribution in [3.63, 3.8) is 0 Å². The lowest BCUT2D eigenvalue weighted by Gasteiger charge is -2.33. The molecular weight excluding hydrogens is 456 g/mol. The van der Waals surface area contributed by atoms with E-state index in [2.05, 4.69) is 27.0 Å². The van der Waals surface area contributed by atoms with E-state index in [1.54, 1.807) is 0 Å². The summed E-state index contributed by atoms with van der Waals surface area (Å²) >= 11 is 0. The Balaban J connectivity index is 2.31. The van der Waals surface area contributed by atoms with Gasteiger partial charge in [0.1, 0.15) is 13.1 Å². The van der Waals surface area contributed by atoms with Gasteiger partial charge in [0.05, 0.1) is 32.6 Å². The summed E-state index contributed by atoms with van der Waals surface area (Å²) in [6.07, 6.45) is 25.7. The number of unbranched alkanes of at least 4 members (excludes halogenated alkanes) is 16. The van der Waals surface area contributed by atoms with Gasteiger partial charge >= 0.3 is 0 Å². The van der Waals surface area contributed by atoms with Gasteiger partial charge < -0.3 is 4.90 Å². The number of amidine groups is 1. The van der Waals surface area contributed by atoms with Gasteiger partial charge in [0.2, 0.25) is 5.91 Å². The Morgan fingerprint density at radius 3 is 1.86 bits per heavy atom. The average molecular weight is 518 g/mol. The van der Waals surface area contributed by atoms with Crippen molar-refractivity contribution in [1.29, 1.82) is 5.26 Å². The van der Waals surface area contributed by atoms with Gasteiger partial charge in [-0.05, 0) is 12.8 Å². The fourth-order valence-electron chi connectivity index (χ4n) is 5.52. The first-order valence-corrected chi connectivity index (χ1v) is 16.1. The predicted octanol–water partition coefficient (Wildman–Crippen LogP) is 8.43. The highest BCUT2D eigenvalue weighted by Gasteiger charge is 2.33. The van der Waals surface area contributed by atoms with Gasteiger partial charge in [0, 0.05) is 19.4 Å². The summed E-state index contributed by atoms with van der Waals surface area (Å²) in [5.74, 6) is 1.57. The number of quaternary nitrogens is 1. The number of carbonyl (C=O) groups excluding carboxylic acids is 1. The third-order valence-corrected chi connectivity index (χ3v) is 8.22. The van der Waals surface area contributed by atoms with Crippen LogP contribution in [0, 0.1) is 11.3 Å². The molecule has 0 aromatic rings. The van der Waals surface area contributed by atoms with Crippen LogP contribution in [-0.4, -0.2) is 60.9 Å². The minimum Gasteiger partial charge on any atom is -0.336 e. The molecule has 214 valence electrons. The molecule has 0 aromatic heterocycles. The molecule has 0 aliphatic carbocycles. The highest BCUT2D eigenvalue weighted by molar-refractivity contribution is 5.77. The minimum absolute atomic E-state index is 0.237. The Hall–Kier alpha value is -1.41. The zero-order valence-corrected chi connectivity index (χ0v) is 25.1. The summed E-state index contributed by atoms with van der Waals surface area (Å²) < 4.78 is 0.880. The monoisotopic (exact) mass is 517 g/mol. The van der Waals surface area contributed by atoms with Gasteiger partial charge in [-0.15, -0.1) is 0 Å². The number of amides is 1. The van der Waals surface area contributed by atoms with E-state index < -0.39 is 0 Å². The summed E-state index contributed by atoms with van der Waals surface area (Å²) in [6, 6.07) is 2.24. The molecule has 1 aliphatic heterocycles. The molecule has 5 nitrogen and oxygen atoms in total. The van der Waals surface area contributed by atoms with Crippen LogP contribution < -0.4 is 0 Å². The summed E-state index contributed by atoms with van der Waals surface area (Å²) in [4.78, 5) is 19.8. The van der Waals surface area contributed by atoms with Crippen LogP contribution in [0.4, 0.5) is 0 Å². The molecule has 0 saturated heterocycles. The van der Waals surface area contributed by atoms with E-state index in [9.17, 15) is 4.79 Å². The van der Waals surface area contributed by atoms with Crippen molar-refractivity contribution in [3.05, 3.63) is 0 Å². The molecule has 1 atom stereocenters. The highest BCUT2D eigenvalue weighted by Crippen LogP contribution is 2.19. The average Bonchev–Trinajstić information content (AvgIpc) is 3.26. The van der Waals surface area contributed by atoms with E-state index in [4.69, 9.17) is 10.3 Å². The zero-order valence-electron chi connectivity index (χ0n) is 25.1. The SMILES string of the molecule is CCCCCCCCCCCC(=O)N(CCC#N)CC[N+]1(C)CCN=C1CCCCCCCCCCC. The Kier molecular flexibility index (Phi) is 20.5. The van der Waals surface area contributed by atoms with E-state index >= 15 is 0 Å². The van der Waals surface area contributed by atoms with Crippen molar-refractivity contribution in [3.8, 4) is 6.07 Å². The molecule has 0 radical (unpaired) electrons. The van der Waals surface area contributed by atoms with Gasteiger partial charge in [-0.3, -0.25) is 9.28 Å². The van der Waals surface area contributed by atoms with Crippen molar-refractivity contribution in [2.24, 2.45) is 4.99 Å². The van der Waals surface area contributed by atoms with Crippen molar-refractivity contribution < 1.29 is 9.28 Å². The van der Waals surface area contributed by atoms with Crippen molar-refractivity contribution in [2.45, 2.75) is 149 Å². The molecule has 1 aliphatic rings. The van der Waals surface area contributed by atoms with Crippen LogP contribution in [0.15, 0.2) is 4.99 Å². The fourth-order valence-corrected chi connectivity index (χ4v) is 5.52. The minimum atomic E-state index is 0.237. The lowest BCUT2D eigenvalue weighted by Crippen LogP contribution is -2.52. The maximum Gasteiger partial charge on any atom is 0.222 e. The number of aliphatic imine (C=N–C) groups is 1. The van der Waals surface area contributed by atoms with Gasteiger partial charge in [-0.1, -0.05) is 117 Å². The van der Waals surface area contributed by atoms with E-state index in [1.807, 2.05) is 4.90 Å². The first kappa shape index (κ1) is 33.6. The van der Waals surface area contributed by atoms with Crippen molar-refractivity contribution in [1.82, 2.24) is 4.90 Å². The number of carbonyl (C=O) groups is 1. The van der Waals surface area contributed by atoms with E-state index in [0.29, 0.717) is 19.4 Å². The van der Waals surface area contributed by atoms with E-state index in [0.717, 1.165) is 49.9 Å². The molecule has 0 spiro atoms. The second-order valence-electron chi connectivity index (χ2n) is 11.6. The van der Waals surface area contributed by atoms with Gasteiger partial charge in [0.15, 0.2) is 5.84 Å². The lowest BCUT2D eigenvalue weighted by atomic mass is 10.1. The normalized spacial score (nSPS) is 17.1. The Morgan fingerprint density at radius 2 is 1.32 bits per heavy atom. The maximum absolute atomic E-state index is 13.0. The Labute approximate surface area is 230 Å². The third-order valence-electron chi connectivity index (χ3n) is 8.22.